The van der Waals surface area contributed by atoms with Gasteiger partial charge in [-0.25, -0.2) is 0 Å². The Bertz CT molecular complexity index is 192. The lowest BCUT2D eigenvalue weighted by molar-refractivity contribution is 0.0317. The minimum absolute atomic E-state index is 0.198. The molecule has 0 aliphatic carbocycles. The quantitative estimate of drug-likeness (QED) is 0.669. The highest BCUT2D eigenvalue weighted by Gasteiger charge is 2.31. The van der Waals surface area contributed by atoms with Gasteiger partial charge in [0.05, 0.1) is 6.61 Å². The summed E-state index contributed by atoms with van der Waals surface area (Å²) in [6, 6.07) is 0.198. The van der Waals surface area contributed by atoms with Gasteiger partial charge in [-0.2, -0.15) is 0 Å². The molecule has 1 heterocycles. The summed E-state index contributed by atoms with van der Waals surface area (Å²) in [6.45, 7) is 8.96. The third-order valence-corrected chi connectivity index (χ3v) is 3.50. The van der Waals surface area contributed by atoms with Crippen molar-refractivity contribution in [3.05, 3.63) is 0 Å². The second kappa shape index (κ2) is 5.25. The topological polar surface area (TPSA) is 38.7 Å². The van der Waals surface area contributed by atoms with Crippen LogP contribution in [0.2, 0.25) is 0 Å². The van der Waals surface area contributed by atoms with Crippen LogP contribution in [0.15, 0.2) is 0 Å². The number of nitrogens with zero attached hydrogens (tertiary/aromatic N) is 2. The van der Waals surface area contributed by atoms with Crippen LogP contribution >= 0.6 is 0 Å². The number of hydrogen-bond donors (Lipinski definition) is 2. The molecule has 15 heavy (non-hydrogen) atoms. The van der Waals surface area contributed by atoms with E-state index in [0.29, 0.717) is 0 Å². The van der Waals surface area contributed by atoms with Crippen LogP contribution in [0.3, 0.4) is 0 Å². The molecule has 1 unspecified atom stereocenters. The Morgan fingerprint density at radius 3 is 2.53 bits per heavy atom. The lowest BCUT2D eigenvalue weighted by Gasteiger charge is -2.46. The number of aliphatic hydroxyl groups is 1. The van der Waals surface area contributed by atoms with Gasteiger partial charge in [-0.3, -0.25) is 9.80 Å². The van der Waals surface area contributed by atoms with E-state index in [4.69, 9.17) is 5.11 Å². The van der Waals surface area contributed by atoms with Crippen LogP contribution in [0.25, 0.3) is 0 Å². The van der Waals surface area contributed by atoms with Crippen molar-refractivity contribution < 1.29 is 5.11 Å². The summed E-state index contributed by atoms with van der Waals surface area (Å²) < 4.78 is 0. The molecule has 0 spiro atoms. The minimum Gasteiger partial charge on any atom is -0.395 e. The van der Waals surface area contributed by atoms with E-state index in [1.54, 1.807) is 0 Å². The van der Waals surface area contributed by atoms with Crippen molar-refractivity contribution in [2.75, 3.05) is 46.9 Å². The van der Waals surface area contributed by atoms with Crippen LogP contribution in [-0.2, 0) is 0 Å². The first-order valence-corrected chi connectivity index (χ1v) is 5.71. The Labute approximate surface area is 93.2 Å². The largest absolute Gasteiger partial charge is 0.395 e. The van der Waals surface area contributed by atoms with Crippen molar-refractivity contribution in [1.82, 2.24) is 15.1 Å². The summed E-state index contributed by atoms with van der Waals surface area (Å²) in [5.74, 6) is 0. The van der Waals surface area contributed by atoms with Crippen LogP contribution < -0.4 is 5.32 Å². The molecule has 1 rings (SSSR count). The van der Waals surface area contributed by atoms with Gasteiger partial charge in [-0.1, -0.05) is 0 Å². The smallest absolute Gasteiger partial charge is 0.0597 e. The molecule has 0 bridgehead atoms. The van der Waals surface area contributed by atoms with Crippen molar-refractivity contribution in [1.29, 1.82) is 0 Å². The van der Waals surface area contributed by atoms with Crippen molar-refractivity contribution >= 4 is 0 Å². The van der Waals surface area contributed by atoms with Gasteiger partial charge >= 0.3 is 0 Å². The minimum atomic E-state index is 0.198. The third kappa shape index (κ3) is 3.41. The fourth-order valence-corrected chi connectivity index (χ4v) is 2.05. The molecule has 0 aromatic carbocycles. The van der Waals surface area contributed by atoms with Crippen LogP contribution in [0, 0.1) is 0 Å². The van der Waals surface area contributed by atoms with Gasteiger partial charge in [-0.05, 0) is 27.9 Å². The van der Waals surface area contributed by atoms with E-state index in [-0.39, 0.29) is 18.2 Å². The van der Waals surface area contributed by atoms with E-state index >= 15 is 0 Å². The molecule has 1 aliphatic rings. The number of nitrogens with one attached hydrogen (secondary N) is 1. The molecule has 0 radical (unpaired) electrons. The number of piperazine rings is 1. The van der Waals surface area contributed by atoms with Crippen LogP contribution in [0.1, 0.15) is 13.8 Å². The average Bonchev–Trinajstić information content (AvgIpc) is 2.19. The Balaban J connectivity index is 2.45. The van der Waals surface area contributed by atoms with E-state index < -0.39 is 0 Å². The van der Waals surface area contributed by atoms with E-state index in [0.717, 1.165) is 26.2 Å². The van der Waals surface area contributed by atoms with Gasteiger partial charge in [0.25, 0.3) is 0 Å². The fourth-order valence-electron chi connectivity index (χ4n) is 2.05. The van der Waals surface area contributed by atoms with Crippen LogP contribution in [0.5, 0.6) is 0 Å². The van der Waals surface area contributed by atoms with Crippen molar-refractivity contribution in [3.8, 4) is 0 Å². The Hall–Kier alpha value is -0.160. The summed E-state index contributed by atoms with van der Waals surface area (Å²) in [7, 11) is 4.08. The lowest BCUT2D eigenvalue weighted by Crippen LogP contribution is -2.59. The number of rotatable bonds is 4. The molecule has 1 saturated heterocycles. The Kier molecular flexibility index (Phi) is 4.52. The van der Waals surface area contributed by atoms with Gasteiger partial charge in [-0.15, -0.1) is 0 Å². The number of hydrogen-bond acceptors (Lipinski definition) is 4. The van der Waals surface area contributed by atoms with Crippen molar-refractivity contribution in [2.45, 2.75) is 25.4 Å². The van der Waals surface area contributed by atoms with E-state index in [1.165, 1.54) is 0 Å². The second-order valence-electron chi connectivity index (χ2n) is 5.14. The average molecular weight is 215 g/mol. The van der Waals surface area contributed by atoms with E-state index in [1.807, 2.05) is 7.05 Å². The molecule has 1 aliphatic heterocycles. The molecule has 4 nitrogen and oxygen atoms in total. The van der Waals surface area contributed by atoms with E-state index in [2.05, 4.69) is 36.0 Å². The first-order valence-electron chi connectivity index (χ1n) is 5.71. The highest BCUT2D eigenvalue weighted by atomic mass is 16.3. The zero-order valence-corrected chi connectivity index (χ0v) is 10.5. The fraction of sp³-hybridized carbons (Fsp3) is 1.00. The Morgan fingerprint density at radius 2 is 2.07 bits per heavy atom. The summed E-state index contributed by atoms with van der Waals surface area (Å²) in [5, 5.41) is 12.3. The van der Waals surface area contributed by atoms with Crippen LogP contribution in [-0.4, -0.2) is 73.4 Å². The van der Waals surface area contributed by atoms with Crippen LogP contribution in [0.4, 0.5) is 0 Å². The molecule has 2 N–H and O–H groups in total. The Morgan fingerprint density at radius 1 is 1.40 bits per heavy atom. The van der Waals surface area contributed by atoms with Gasteiger partial charge in [0.15, 0.2) is 0 Å². The van der Waals surface area contributed by atoms with Crippen molar-refractivity contribution in [3.63, 3.8) is 0 Å². The summed E-state index contributed by atoms with van der Waals surface area (Å²) in [4.78, 5) is 4.83. The second-order valence-corrected chi connectivity index (χ2v) is 5.14. The zero-order valence-electron chi connectivity index (χ0n) is 10.5. The highest BCUT2D eigenvalue weighted by Crippen LogP contribution is 2.18. The predicted octanol–water partition coefficient (Wildman–Crippen LogP) is -0.407. The van der Waals surface area contributed by atoms with Gasteiger partial charge in [0.1, 0.15) is 0 Å². The molecule has 90 valence electrons. The third-order valence-electron chi connectivity index (χ3n) is 3.50. The molecule has 0 aromatic heterocycles. The lowest BCUT2D eigenvalue weighted by atomic mass is 9.99. The van der Waals surface area contributed by atoms with Crippen molar-refractivity contribution in [2.24, 2.45) is 0 Å². The predicted molar refractivity (Wildman–Crippen MR) is 63.1 cm³/mol. The molecule has 4 heteroatoms. The number of likely N-dealkylation sites (N-methyl/N-ethyl adjacent to an activating group) is 2. The molecular formula is C11H25N3O. The first kappa shape index (κ1) is 12.9. The monoisotopic (exact) mass is 215 g/mol. The maximum atomic E-state index is 9.14. The number of aliphatic hydroxyl groups excluding tert-OH is 1. The highest BCUT2D eigenvalue weighted by molar-refractivity contribution is 4.89. The van der Waals surface area contributed by atoms with Gasteiger partial charge in [0, 0.05) is 37.8 Å². The standard InChI is InChI=1S/C11H25N3O/c1-11(2)9-14(6-5-13(11)4)7-10(8-15)12-3/h10,12,15H,5-9H2,1-4H3. The van der Waals surface area contributed by atoms with Gasteiger partial charge in [0.2, 0.25) is 0 Å². The molecule has 0 amide bonds. The summed E-state index contributed by atoms with van der Waals surface area (Å²) in [6.07, 6.45) is 0. The molecular weight excluding hydrogens is 190 g/mol. The maximum Gasteiger partial charge on any atom is 0.0597 e. The molecule has 1 atom stereocenters. The van der Waals surface area contributed by atoms with Gasteiger partial charge < -0.3 is 10.4 Å². The summed E-state index contributed by atoms with van der Waals surface area (Å²) in [5.41, 5.74) is 0.242. The molecule has 0 aromatic rings. The van der Waals surface area contributed by atoms with E-state index in [9.17, 15) is 0 Å². The normalized spacial score (nSPS) is 25.4. The molecule has 0 saturated carbocycles. The molecule has 1 fully saturated rings. The first-order chi connectivity index (χ1) is 6.99. The maximum absolute atomic E-state index is 9.14. The zero-order chi connectivity index (χ0) is 11.5. The SMILES string of the molecule is CNC(CO)CN1CCN(C)C(C)(C)C1. The summed E-state index contributed by atoms with van der Waals surface area (Å²) >= 11 is 0.